The average molecular weight is 318 g/mol. The average Bonchev–Trinajstić information content (AvgIpc) is 2.97. The highest BCUT2D eigenvalue weighted by atomic mass is 16.5. The zero-order chi connectivity index (χ0) is 16.4. The number of hydrogen-bond acceptors (Lipinski definition) is 7. The normalized spacial score (nSPS) is 14.9. The molecule has 0 aromatic carbocycles. The molecule has 0 amide bonds. The number of hydrogen-bond donors (Lipinski definition) is 1. The third kappa shape index (κ3) is 3.03. The highest BCUT2D eigenvalue weighted by Crippen LogP contribution is 2.20. The van der Waals surface area contributed by atoms with Crippen LogP contribution in [-0.2, 0) is 7.05 Å². The minimum absolute atomic E-state index is 0.177. The molecule has 1 aliphatic heterocycles. The van der Waals surface area contributed by atoms with Crippen LogP contribution in [0.1, 0.15) is 10.6 Å². The van der Waals surface area contributed by atoms with Crippen molar-refractivity contribution in [3.63, 3.8) is 0 Å². The van der Waals surface area contributed by atoms with Gasteiger partial charge in [0.1, 0.15) is 0 Å². The fourth-order valence-electron chi connectivity index (χ4n) is 2.59. The summed E-state index contributed by atoms with van der Waals surface area (Å²) in [6, 6.07) is 3.82. The summed E-state index contributed by atoms with van der Waals surface area (Å²) in [6.45, 7) is 3.06. The lowest BCUT2D eigenvalue weighted by Crippen LogP contribution is -2.47. The Balaban J connectivity index is 1.67. The summed E-state index contributed by atoms with van der Waals surface area (Å²) in [5, 5.41) is 12.9. The van der Waals surface area contributed by atoms with Gasteiger partial charge in [-0.1, -0.05) is 0 Å². The number of pyridine rings is 1. The fraction of sp³-hybridized carbons (Fsp3) is 0.429. The number of carbonyl (C=O) groups is 1. The molecule has 2 aromatic heterocycles. The minimum atomic E-state index is -1.12. The highest BCUT2D eigenvalue weighted by molar-refractivity contribution is 5.83. The molecule has 122 valence electrons. The third-order valence-electron chi connectivity index (χ3n) is 3.79. The lowest BCUT2D eigenvalue weighted by Gasteiger charge is -2.36. The molecule has 0 aliphatic carbocycles. The number of rotatable bonds is 4. The Morgan fingerprint density at radius 2 is 1.91 bits per heavy atom. The Morgan fingerprint density at radius 1 is 1.22 bits per heavy atom. The van der Waals surface area contributed by atoms with E-state index in [1.54, 1.807) is 20.4 Å². The first-order chi connectivity index (χ1) is 11.1. The first-order valence-electron chi connectivity index (χ1n) is 7.23. The van der Waals surface area contributed by atoms with Crippen LogP contribution in [0.3, 0.4) is 0 Å². The molecule has 9 heteroatoms. The van der Waals surface area contributed by atoms with Gasteiger partial charge in [0.2, 0.25) is 11.8 Å². The van der Waals surface area contributed by atoms with E-state index in [-0.39, 0.29) is 5.82 Å². The van der Waals surface area contributed by atoms with Gasteiger partial charge in [-0.3, -0.25) is 0 Å². The first-order valence-corrected chi connectivity index (χ1v) is 7.23. The van der Waals surface area contributed by atoms with Gasteiger partial charge in [-0.25, -0.2) is 14.5 Å². The number of piperazine rings is 1. The number of carboxylic acid groups (broad SMARTS) is 1. The summed E-state index contributed by atoms with van der Waals surface area (Å²) in [7, 11) is 3.29. The van der Waals surface area contributed by atoms with Crippen molar-refractivity contribution >= 4 is 17.6 Å². The van der Waals surface area contributed by atoms with Crippen molar-refractivity contribution < 1.29 is 14.6 Å². The standard InChI is InChI=1S/C14H18N6O3/c1-18-14(16-12(17-18)13(21)22)20-7-5-19(6-8-20)10-3-4-11(23-2)15-9-10/h3-4,9H,5-8H2,1-2H3,(H,21,22). The van der Waals surface area contributed by atoms with Crippen LogP contribution < -0.4 is 14.5 Å². The second kappa shape index (κ2) is 6.11. The molecule has 1 aliphatic rings. The van der Waals surface area contributed by atoms with E-state index in [9.17, 15) is 4.79 Å². The molecular formula is C14H18N6O3. The maximum absolute atomic E-state index is 11.0. The molecule has 0 bridgehead atoms. The van der Waals surface area contributed by atoms with Crippen LogP contribution in [0.25, 0.3) is 0 Å². The van der Waals surface area contributed by atoms with E-state index in [0.717, 1.165) is 31.9 Å². The summed E-state index contributed by atoms with van der Waals surface area (Å²) < 4.78 is 6.57. The van der Waals surface area contributed by atoms with E-state index < -0.39 is 5.97 Å². The maximum Gasteiger partial charge on any atom is 0.375 e. The second-order valence-corrected chi connectivity index (χ2v) is 5.20. The van der Waals surface area contributed by atoms with E-state index >= 15 is 0 Å². The monoisotopic (exact) mass is 318 g/mol. The molecule has 0 saturated carbocycles. The molecule has 23 heavy (non-hydrogen) atoms. The topological polar surface area (TPSA) is 96.6 Å². The van der Waals surface area contributed by atoms with E-state index in [0.29, 0.717) is 11.8 Å². The van der Waals surface area contributed by atoms with E-state index in [2.05, 4.69) is 20.0 Å². The van der Waals surface area contributed by atoms with Crippen LogP contribution in [0.5, 0.6) is 5.88 Å². The van der Waals surface area contributed by atoms with Gasteiger partial charge in [0.05, 0.1) is 19.0 Å². The predicted molar refractivity (Wildman–Crippen MR) is 83.2 cm³/mol. The van der Waals surface area contributed by atoms with E-state index in [4.69, 9.17) is 9.84 Å². The lowest BCUT2D eigenvalue weighted by atomic mass is 10.3. The van der Waals surface area contributed by atoms with Crippen LogP contribution in [0.4, 0.5) is 11.6 Å². The lowest BCUT2D eigenvalue weighted by molar-refractivity contribution is 0.0683. The Bertz CT molecular complexity index is 691. The van der Waals surface area contributed by atoms with Crippen LogP contribution in [0.15, 0.2) is 18.3 Å². The fourth-order valence-corrected chi connectivity index (χ4v) is 2.59. The summed E-state index contributed by atoms with van der Waals surface area (Å²) in [5.41, 5.74) is 1.04. The van der Waals surface area contributed by atoms with Crippen molar-refractivity contribution in [2.24, 2.45) is 7.05 Å². The largest absolute Gasteiger partial charge is 0.481 e. The molecule has 0 unspecified atom stereocenters. The number of aromatic nitrogens is 4. The Morgan fingerprint density at radius 3 is 2.43 bits per heavy atom. The molecule has 2 aromatic rings. The maximum atomic E-state index is 11.0. The van der Waals surface area contributed by atoms with Gasteiger partial charge in [-0.05, 0) is 6.07 Å². The molecular weight excluding hydrogens is 300 g/mol. The van der Waals surface area contributed by atoms with Gasteiger partial charge in [-0.15, -0.1) is 5.10 Å². The molecule has 9 nitrogen and oxygen atoms in total. The Kier molecular flexibility index (Phi) is 4.00. The summed E-state index contributed by atoms with van der Waals surface area (Å²) in [6.07, 6.45) is 1.79. The minimum Gasteiger partial charge on any atom is -0.481 e. The molecule has 0 atom stereocenters. The molecule has 3 heterocycles. The zero-order valence-electron chi connectivity index (χ0n) is 13.0. The van der Waals surface area contributed by atoms with E-state index in [1.807, 2.05) is 17.0 Å². The van der Waals surface area contributed by atoms with Crippen molar-refractivity contribution in [1.29, 1.82) is 0 Å². The zero-order valence-corrected chi connectivity index (χ0v) is 13.0. The number of anilines is 2. The smallest absolute Gasteiger partial charge is 0.375 e. The third-order valence-corrected chi connectivity index (χ3v) is 3.79. The van der Waals surface area contributed by atoms with Gasteiger partial charge in [0, 0.05) is 39.3 Å². The SMILES string of the molecule is COc1ccc(N2CCN(c3nc(C(=O)O)nn3C)CC2)cn1. The molecule has 0 spiro atoms. The van der Waals surface area contributed by atoms with Crippen molar-refractivity contribution in [2.45, 2.75) is 0 Å². The van der Waals surface area contributed by atoms with Crippen molar-refractivity contribution in [3.8, 4) is 5.88 Å². The molecule has 0 radical (unpaired) electrons. The van der Waals surface area contributed by atoms with Gasteiger partial charge in [0.25, 0.3) is 5.82 Å². The Labute approximate surface area is 133 Å². The van der Waals surface area contributed by atoms with Crippen molar-refractivity contribution in [1.82, 2.24) is 19.7 Å². The predicted octanol–water partition coefficient (Wildman–Crippen LogP) is 0.244. The number of methoxy groups -OCH3 is 1. The van der Waals surface area contributed by atoms with Crippen molar-refractivity contribution in [3.05, 3.63) is 24.2 Å². The summed E-state index contributed by atoms with van der Waals surface area (Å²) >= 11 is 0. The first kappa shape index (κ1) is 15.1. The molecule has 3 rings (SSSR count). The van der Waals surface area contributed by atoms with Crippen LogP contribution in [-0.4, -0.2) is 64.1 Å². The van der Waals surface area contributed by atoms with Gasteiger partial charge in [0.15, 0.2) is 0 Å². The van der Waals surface area contributed by atoms with Crippen LogP contribution >= 0.6 is 0 Å². The van der Waals surface area contributed by atoms with Crippen molar-refractivity contribution in [2.75, 3.05) is 43.1 Å². The number of nitrogens with zero attached hydrogens (tertiary/aromatic N) is 6. The number of carboxylic acids is 1. The van der Waals surface area contributed by atoms with Gasteiger partial charge < -0.3 is 19.6 Å². The second-order valence-electron chi connectivity index (χ2n) is 5.20. The number of aryl methyl sites for hydroxylation is 1. The Hall–Kier alpha value is -2.84. The van der Waals surface area contributed by atoms with Gasteiger partial charge >= 0.3 is 5.97 Å². The molecule has 1 fully saturated rings. The van der Waals surface area contributed by atoms with Crippen LogP contribution in [0, 0.1) is 0 Å². The van der Waals surface area contributed by atoms with E-state index in [1.165, 1.54) is 4.68 Å². The van der Waals surface area contributed by atoms with Gasteiger partial charge in [-0.2, -0.15) is 4.98 Å². The van der Waals surface area contributed by atoms with Crippen LogP contribution in [0.2, 0.25) is 0 Å². The quantitative estimate of drug-likeness (QED) is 0.856. The summed E-state index contributed by atoms with van der Waals surface area (Å²) in [4.78, 5) is 23.5. The number of ether oxygens (including phenoxy) is 1. The number of aromatic carboxylic acids is 1. The molecule has 1 N–H and O–H groups in total. The highest BCUT2D eigenvalue weighted by Gasteiger charge is 2.23. The molecule has 1 saturated heterocycles. The summed E-state index contributed by atoms with van der Waals surface area (Å²) in [5.74, 6) is -0.123.